The Hall–Kier alpha value is -0.330. The Morgan fingerprint density at radius 2 is 1.94 bits per heavy atom. The molecule has 1 aromatic heterocycles. The van der Waals surface area contributed by atoms with Crippen LogP contribution in [0.1, 0.15) is 36.1 Å². The molecular weight excluding hydrogens is 293 g/mol. The Kier molecular flexibility index (Phi) is 5.88. The Morgan fingerprint density at radius 1 is 1.39 bits per heavy atom. The lowest BCUT2D eigenvalue weighted by Gasteiger charge is -2.18. The number of carbonyl (C=O) groups excluding carboxylic acids is 1. The number of hydrogen-bond acceptors (Lipinski definition) is 7. The minimum Gasteiger partial charge on any atom is -0.396 e. The molecule has 0 radical (unpaired) electrons. The molecule has 0 N–H and O–H groups in total. The van der Waals surface area contributed by atoms with Crippen LogP contribution in [0.25, 0.3) is 0 Å². The average molecular weight is 309 g/mol. The SMILES string of the molecule is CCOP(=S)(OCC)Oc1nc(C)c(C(C)=O)s1. The molecule has 0 bridgehead atoms. The molecular formula is C10H16NO4PS2. The molecule has 8 heteroatoms. The molecule has 5 nitrogen and oxygen atoms in total. The molecule has 0 unspecified atom stereocenters. The van der Waals surface area contributed by atoms with Gasteiger partial charge in [-0.3, -0.25) is 13.8 Å². The zero-order chi connectivity index (χ0) is 13.8. The molecule has 0 spiro atoms. The summed E-state index contributed by atoms with van der Waals surface area (Å²) in [6.45, 7) is 4.88. The van der Waals surface area contributed by atoms with Crippen molar-refractivity contribution in [1.29, 1.82) is 0 Å². The summed E-state index contributed by atoms with van der Waals surface area (Å²) in [6, 6.07) is 0. The lowest BCUT2D eigenvalue weighted by Crippen LogP contribution is -2.01. The molecule has 102 valence electrons. The fraction of sp³-hybridized carbons (Fsp3) is 0.600. The van der Waals surface area contributed by atoms with Gasteiger partial charge in [-0.2, -0.15) is 0 Å². The molecule has 1 aromatic rings. The third-order valence-electron chi connectivity index (χ3n) is 1.86. The minimum absolute atomic E-state index is 0.0408. The van der Waals surface area contributed by atoms with E-state index in [9.17, 15) is 4.79 Å². The van der Waals surface area contributed by atoms with Crippen LogP contribution in [-0.4, -0.2) is 24.0 Å². The zero-order valence-electron chi connectivity index (χ0n) is 10.8. The summed E-state index contributed by atoms with van der Waals surface area (Å²) >= 11 is 6.39. The van der Waals surface area contributed by atoms with Crippen molar-refractivity contribution < 1.29 is 18.4 Å². The summed E-state index contributed by atoms with van der Waals surface area (Å²) in [4.78, 5) is 16.1. The molecule has 0 atom stereocenters. The van der Waals surface area contributed by atoms with E-state index in [1.165, 1.54) is 6.92 Å². The Balaban J connectivity index is 2.91. The van der Waals surface area contributed by atoms with E-state index in [4.69, 9.17) is 25.4 Å². The highest BCUT2D eigenvalue weighted by atomic mass is 32.5. The van der Waals surface area contributed by atoms with Gasteiger partial charge in [0.05, 0.1) is 23.8 Å². The third-order valence-corrected chi connectivity index (χ3v) is 5.52. The van der Waals surface area contributed by atoms with E-state index in [-0.39, 0.29) is 5.78 Å². The molecule has 1 heterocycles. The topological polar surface area (TPSA) is 57.6 Å². The van der Waals surface area contributed by atoms with E-state index in [1.54, 1.807) is 6.92 Å². The van der Waals surface area contributed by atoms with Gasteiger partial charge in [-0.1, -0.05) is 11.3 Å². The Labute approximate surface area is 116 Å². The summed E-state index contributed by atoms with van der Waals surface area (Å²) in [7, 11) is 0. The van der Waals surface area contributed by atoms with Crippen molar-refractivity contribution in [2.75, 3.05) is 13.2 Å². The largest absolute Gasteiger partial charge is 0.396 e. The number of Topliss-reactive ketones (excluding diaryl/α,β-unsaturated/α-hetero) is 1. The average Bonchev–Trinajstić information content (AvgIpc) is 2.59. The number of thiazole rings is 1. The van der Waals surface area contributed by atoms with Crippen molar-refractivity contribution in [3.05, 3.63) is 10.6 Å². The standard InChI is InChI=1S/C10H16NO4PS2/c1-5-13-16(17,14-6-2)15-10-11-7(3)9(18-10)8(4)12/h5-6H2,1-4H3. The molecule has 0 amide bonds. The first-order valence-corrected chi connectivity index (χ1v) is 8.86. The highest BCUT2D eigenvalue weighted by Crippen LogP contribution is 2.50. The van der Waals surface area contributed by atoms with Gasteiger partial charge in [0.2, 0.25) is 0 Å². The van der Waals surface area contributed by atoms with Gasteiger partial charge in [-0.25, -0.2) is 4.98 Å². The molecule has 0 aliphatic carbocycles. The fourth-order valence-electron chi connectivity index (χ4n) is 1.24. The third kappa shape index (κ3) is 4.10. The first kappa shape index (κ1) is 15.7. The smallest absolute Gasteiger partial charge is 0.382 e. The summed E-state index contributed by atoms with van der Waals surface area (Å²) in [6.07, 6.45) is 0. The van der Waals surface area contributed by atoms with Crippen LogP contribution in [-0.2, 0) is 20.9 Å². The lowest BCUT2D eigenvalue weighted by molar-refractivity contribution is 0.102. The van der Waals surface area contributed by atoms with E-state index in [0.29, 0.717) is 29.0 Å². The van der Waals surface area contributed by atoms with Crippen molar-refractivity contribution in [3.63, 3.8) is 0 Å². The maximum absolute atomic E-state index is 11.3. The van der Waals surface area contributed by atoms with Crippen LogP contribution in [0, 0.1) is 6.92 Å². The van der Waals surface area contributed by atoms with Crippen molar-refractivity contribution >= 4 is 35.6 Å². The molecule has 0 aliphatic rings. The highest BCUT2D eigenvalue weighted by molar-refractivity contribution is 8.07. The van der Waals surface area contributed by atoms with Gasteiger partial charge in [-0.15, -0.1) is 0 Å². The molecule has 0 saturated carbocycles. The first-order chi connectivity index (χ1) is 8.41. The monoisotopic (exact) mass is 309 g/mol. The second kappa shape index (κ2) is 6.73. The quantitative estimate of drug-likeness (QED) is 0.569. The molecule has 0 fully saturated rings. The maximum atomic E-state index is 11.3. The predicted octanol–water partition coefficient (Wildman–Crippen LogP) is 3.33. The number of nitrogens with zero attached hydrogens (tertiary/aromatic N) is 1. The Bertz CT molecular complexity index is 464. The van der Waals surface area contributed by atoms with E-state index in [2.05, 4.69) is 4.98 Å². The number of ketones is 1. The van der Waals surface area contributed by atoms with Gasteiger partial charge >= 0.3 is 6.72 Å². The molecule has 0 aliphatic heterocycles. The van der Waals surface area contributed by atoms with Gasteiger partial charge in [-0.05, 0) is 20.8 Å². The number of carbonyl (C=O) groups is 1. The van der Waals surface area contributed by atoms with Crippen molar-refractivity contribution in [2.45, 2.75) is 27.7 Å². The van der Waals surface area contributed by atoms with Gasteiger partial charge in [0.15, 0.2) is 5.78 Å². The van der Waals surface area contributed by atoms with Crippen molar-refractivity contribution in [3.8, 4) is 5.19 Å². The van der Waals surface area contributed by atoms with Gasteiger partial charge in [0, 0.05) is 18.7 Å². The second-order valence-electron chi connectivity index (χ2n) is 3.32. The van der Waals surface area contributed by atoms with Crippen molar-refractivity contribution in [1.82, 2.24) is 4.98 Å². The van der Waals surface area contributed by atoms with Gasteiger partial charge < -0.3 is 4.52 Å². The van der Waals surface area contributed by atoms with Crippen LogP contribution < -0.4 is 4.52 Å². The second-order valence-corrected chi connectivity index (χ2v) is 7.22. The summed E-state index contributed by atoms with van der Waals surface area (Å²) < 4.78 is 16.2. The number of aryl methyl sites for hydroxylation is 1. The highest BCUT2D eigenvalue weighted by Gasteiger charge is 2.24. The minimum atomic E-state index is -2.81. The molecule has 0 aromatic carbocycles. The maximum Gasteiger partial charge on any atom is 0.382 e. The van der Waals surface area contributed by atoms with Crippen LogP contribution in [0.3, 0.4) is 0 Å². The summed E-state index contributed by atoms with van der Waals surface area (Å²) in [5.41, 5.74) is 0.636. The lowest BCUT2D eigenvalue weighted by atomic mass is 10.3. The van der Waals surface area contributed by atoms with Crippen LogP contribution in [0.5, 0.6) is 5.19 Å². The Morgan fingerprint density at radius 3 is 2.33 bits per heavy atom. The normalized spacial score (nSPS) is 11.6. The number of aromatic nitrogens is 1. The van der Waals surface area contributed by atoms with Crippen LogP contribution in [0.2, 0.25) is 0 Å². The zero-order valence-corrected chi connectivity index (χ0v) is 13.3. The number of rotatable bonds is 7. The van der Waals surface area contributed by atoms with E-state index >= 15 is 0 Å². The summed E-state index contributed by atoms with van der Waals surface area (Å²) in [5.74, 6) is -0.0408. The van der Waals surface area contributed by atoms with Crippen LogP contribution >= 0.6 is 18.1 Å². The van der Waals surface area contributed by atoms with E-state index < -0.39 is 6.72 Å². The van der Waals surface area contributed by atoms with Gasteiger partial charge in [0.1, 0.15) is 0 Å². The molecule has 0 saturated heterocycles. The van der Waals surface area contributed by atoms with E-state index in [1.807, 2.05) is 13.8 Å². The summed E-state index contributed by atoms with van der Waals surface area (Å²) in [5, 5.41) is 0.322. The predicted molar refractivity (Wildman–Crippen MR) is 75.0 cm³/mol. The number of hydrogen-bond donors (Lipinski definition) is 0. The molecule has 18 heavy (non-hydrogen) atoms. The van der Waals surface area contributed by atoms with Crippen LogP contribution in [0.15, 0.2) is 0 Å². The van der Waals surface area contributed by atoms with E-state index in [0.717, 1.165) is 11.3 Å². The van der Waals surface area contributed by atoms with Gasteiger partial charge in [0.25, 0.3) is 5.19 Å². The van der Waals surface area contributed by atoms with Crippen LogP contribution in [0.4, 0.5) is 0 Å². The fourth-order valence-corrected chi connectivity index (χ4v) is 4.41. The van der Waals surface area contributed by atoms with Crippen molar-refractivity contribution in [2.24, 2.45) is 0 Å². The molecule has 1 rings (SSSR count). The first-order valence-electron chi connectivity index (χ1n) is 5.49.